The van der Waals surface area contributed by atoms with Gasteiger partial charge in [0.15, 0.2) is 0 Å². The molecule has 0 aromatic heterocycles. The molecule has 0 aromatic rings. The van der Waals surface area contributed by atoms with Gasteiger partial charge in [-0.3, -0.25) is 9.69 Å². The van der Waals surface area contributed by atoms with Crippen molar-refractivity contribution in [1.29, 1.82) is 0 Å². The number of nitrogens with one attached hydrogen (secondary N) is 1. The Kier molecular flexibility index (Phi) is 7.85. The van der Waals surface area contributed by atoms with Crippen LogP contribution >= 0.6 is 22.2 Å². The predicted molar refractivity (Wildman–Crippen MR) is 110 cm³/mol. The summed E-state index contributed by atoms with van der Waals surface area (Å²) in [6.45, 7) is 6.55. The Morgan fingerprint density at radius 1 is 1.35 bits per heavy atom. The number of hydrogen-bond donors (Lipinski definition) is 2. The highest BCUT2D eigenvalue weighted by Gasteiger charge is 2.38. The maximum Gasteiger partial charge on any atom is 0.413 e. The number of thioether (sulfide) groups is 1. The van der Waals surface area contributed by atoms with E-state index < -0.39 is 17.9 Å². The summed E-state index contributed by atoms with van der Waals surface area (Å²) in [5.74, 6) is 1.77. The zero-order valence-corrected chi connectivity index (χ0v) is 17.9. The largest absolute Gasteiger partial charge is 0.444 e. The van der Waals surface area contributed by atoms with Crippen molar-refractivity contribution in [2.75, 3.05) is 18.1 Å². The lowest BCUT2D eigenvalue weighted by molar-refractivity contribution is -0.121. The molecule has 1 heterocycles. The first-order valence-electron chi connectivity index (χ1n) is 9.28. The number of carbonyl (C=O) groups is 2. The van der Waals surface area contributed by atoms with Crippen molar-refractivity contribution < 1.29 is 19.4 Å². The second kappa shape index (κ2) is 9.46. The number of nitrogens with zero attached hydrogens (tertiary/aromatic N) is 1. The van der Waals surface area contributed by atoms with Crippen LogP contribution in [0.15, 0.2) is 0 Å². The van der Waals surface area contributed by atoms with Crippen LogP contribution in [0.1, 0.15) is 59.8 Å². The van der Waals surface area contributed by atoms with Crippen molar-refractivity contribution in [3.8, 4) is 0 Å². The van der Waals surface area contributed by atoms with Gasteiger partial charge in [0.1, 0.15) is 16.5 Å². The average molecular weight is 405 g/mol. The van der Waals surface area contributed by atoms with E-state index in [0.29, 0.717) is 0 Å². The molecule has 0 radical (unpaired) electrons. The van der Waals surface area contributed by atoms with Gasteiger partial charge in [0.05, 0.1) is 6.61 Å². The number of aliphatic hydroxyl groups is 1. The lowest BCUT2D eigenvalue weighted by Gasteiger charge is -2.41. The summed E-state index contributed by atoms with van der Waals surface area (Å²) in [7, 11) is -0.0315. The summed E-state index contributed by atoms with van der Waals surface area (Å²) >= 11 is 1.75. The molecule has 0 bridgehead atoms. The molecule has 0 aromatic carbocycles. The monoisotopic (exact) mass is 404 g/mol. The Hall–Kier alpha value is -0.730. The zero-order valence-electron chi connectivity index (χ0n) is 16.2. The molecule has 26 heavy (non-hydrogen) atoms. The molecule has 3 atom stereocenters. The molecule has 1 aliphatic carbocycles. The standard InChI is InChI=1S/C18H32N2O4S2/c1-13(22)19-15(12-21)20(16(23)24-18(2,3)4)17-25-10-7-11-26(17)14-8-5-6-9-14/h15,17,21H,5-12H2,1-4H3,(H,19,22). The Balaban J connectivity index is 2.37. The van der Waals surface area contributed by atoms with Crippen molar-refractivity contribution in [3.05, 3.63) is 0 Å². The van der Waals surface area contributed by atoms with Gasteiger partial charge in [-0.15, -0.1) is 11.8 Å². The Labute approximate surface area is 163 Å². The average Bonchev–Trinajstić information content (AvgIpc) is 3.06. The Morgan fingerprint density at radius 2 is 2.00 bits per heavy atom. The summed E-state index contributed by atoms with van der Waals surface area (Å²) in [6.07, 6.45) is 4.60. The second-order valence-electron chi connectivity index (χ2n) is 7.70. The number of aliphatic hydroxyl groups excluding tert-OH is 1. The maximum absolute atomic E-state index is 13.0. The quantitative estimate of drug-likeness (QED) is 0.556. The van der Waals surface area contributed by atoms with Crippen LogP contribution in [0, 0.1) is 0 Å². The molecule has 3 unspecified atom stereocenters. The van der Waals surface area contributed by atoms with Gasteiger partial charge in [0.25, 0.3) is 0 Å². The molecule has 2 aliphatic rings. The van der Waals surface area contributed by atoms with Crippen molar-refractivity contribution >= 4 is 39.1 Å². The van der Waals surface area contributed by atoms with E-state index in [4.69, 9.17) is 4.74 Å². The van der Waals surface area contributed by atoms with Crippen molar-refractivity contribution in [3.63, 3.8) is 0 Å². The molecule has 1 saturated carbocycles. The normalized spacial score (nSPS) is 24.9. The van der Waals surface area contributed by atoms with Gasteiger partial charge in [0, 0.05) is 6.92 Å². The van der Waals surface area contributed by atoms with E-state index in [0.717, 1.165) is 30.8 Å². The van der Waals surface area contributed by atoms with E-state index in [1.54, 1.807) is 21.5 Å². The van der Waals surface area contributed by atoms with Crippen LogP contribution in [-0.4, -0.2) is 61.5 Å². The van der Waals surface area contributed by atoms with Crippen LogP contribution in [0.25, 0.3) is 0 Å². The fraction of sp³-hybridized carbons (Fsp3) is 0.833. The summed E-state index contributed by atoms with van der Waals surface area (Å²) < 4.78 is 5.55. The number of rotatable bonds is 4. The molecular formula is C18H32N2O4S2. The fourth-order valence-electron chi connectivity index (χ4n) is 3.23. The molecule has 2 rings (SSSR count). The van der Waals surface area contributed by atoms with Crippen molar-refractivity contribution in [1.82, 2.24) is 10.2 Å². The predicted octanol–water partition coefficient (Wildman–Crippen LogP) is 3.11. The van der Waals surface area contributed by atoms with Crippen molar-refractivity contribution in [2.45, 2.75) is 76.3 Å². The molecule has 6 nitrogen and oxygen atoms in total. The number of amides is 2. The van der Waals surface area contributed by atoms with E-state index in [9.17, 15) is 14.7 Å². The first kappa shape index (κ1) is 21.6. The van der Waals surface area contributed by atoms with Crippen LogP contribution < -0.4 is 5.32 Å². The number of ether oxygens (including phenoxy) is 1. The van der Waals surface area contributed by atoms with Gasteiger partial charge >= 0.3 is 6.09 Å². The van der Waals surface area contributed by atoms with Gasteiger partial charge in [-0.1, -0.05) is 0 Å². The van der Waals surface area contributed by atoms with Crippen LogP contribution in [0.4, 0.5) is 4.79 Å². The second-order valence-corrected chi connectivity index (χ2v) is 11.5. The van der Waals surface area contributed by atoms with Crippen LogP contribution in [0.2, 0.25) is 0 Å². The molecule has 1 saturated heterocycles. The van der Waals surface area contributed by atoms with E-state index in [1.807, 2.05) is 20.8 Å². The maximum atomic E-state index is 13.0. The first-order valence-corrected chi connectivity index (χ1v) is 11.8. The summed E-state index contributed by atoms with van der Waals surface area (Å²) in [5.41, 5.74) is -0.635. The highest BCUT2D eigenvalue weighted by molar-refractivity contribution is 8.26. The smallest absolute Gasteiger partial charge is 0.413 e. The van der Waals surface area contributed by atoms with E-state index in [-0.39, 0.29) is 27.7 Å². The van der Waals surface area contributed by atoms with Gasteiger partial charge in [0.2, 0.25) is 5.91 Å². The van der Waals surface area contributed by atoms with Crippen LogP contribution in [0.3, 0.4) is 0 Å². The third kappa shape index (κ3) is 5.89. The lowest BCUT2D eigenvalue weighted by atomic mass is 10.2. The molecular weight excluding hydrogens is 372 g/mol. The SMILES string of the molecule is CC(=O)NC(CO)N(C(=O)OC(C)(C)C)C1SCCCS1=C1CCCC1. The molecule has 150 valence electrons. The number of hydrogen-bond acceptors (Lipinski definition) is 5. The third-order valence-corrected chi connectivity index (χ3v) is 8.99. The highest BCUT2D eigenvalue weighted by Crippen LogP contribution is 2.43. The molecule has 0 spiro atoms. The van der Waals surface area contributed by atoms with E-state index in [1.165, 1.54) is 19.8 Å². The molecule has 2 N–H and O–H groups in total. The third-order valence-electron chi connectivity index (χ3n) is 4.25. The lowest BCUT2D eigenvalue weighted by Crippen LogP contribution is -2.57. The first-order chi connectivity index (χ1) is 12.2. The van der Waals surface area contributed by atoms with E-state index in [2.05, 4.69) is 5.32 Å². The van der Waals surface area contributed by atoms with E-state index >= 15 is 0 Å². The molecule has 1 aliphatic heterocycles. The molecule has 2 fully saturated rings. The fourth-order valence-corrected chi connectivity index (χ4v) is 8.51. The number of carbonyl (C=O) groups excluding carboxylic acids is 2. The van der Waals surface area contributed by atoms with Gasteiger partial charge < -0.3 is 15.2 Å². The topological polar surface area (TPSA) is 78.9 Å². The summed E-state index contributed by atoms with van der Waals surface area (Å²) in [6, 6.07) is 0. The Bertz CT molecular complexity index is 552. The minimum atomic E-state index is -0.769. The zero-order chi connectivity index (χ0) is 19.3. The van der Waals surface area contributed by atoms with Gasteiger partial charge in [-0.2, -0.15) is 10.5 Å². The summed E-state index contributed by atoms with van der Waals surface area (Å²) in [5, 5.41) is 12.6. The minimum Gasteiger partial charge on any atom is -0.444 e. The Morgan fingerprint density at radius 3 is 2.54 bits per heavy atom. The van der Waals surface area contributed by atoms with Crippen LogP contribution in [0.5, 0.6) is 0 Å². The van der Waals surface area contributed by atoms with Gasteiger partial charge in [-0.25, -0.2) is 4.79 Å². The minimum absolute atomic E-state index is 0.0315. The summed E-state index contributed by atoms with van der Waals surface area (Å²) in [4.78, 5) is 27.8. The van der Waals surface area contributed by atoms with Crippen molar-refractivity contribution in [2.24, 2.45) is 0 Å². The molecule has 8 heteroatoms. The highest BCUT2D eigenvalue weighted by atomic mass is 32.2. The molecule has 2 amide bonds. The van der Waals surface area contributed by atoms with Gasteiger partial charge in [-0.05, 0) is 69.2 Å². The van der Waals surface area contributed by atoms with Crippen LogP contribution in [-0.2, 0) is 9.53 Å².